The van der Waals surface area contributed by atoms with Gasteiger partial charge < -0.3 is 5.32 Å². The summed E-state index contributed by atoms with van der Waals surface area (Å²) in [6.07, 6.45) is 0. The van der Waals surface area contributed by atoms with Crippen LogP contribution in [0.1, 0.15) is 0 Å². The number of para-hydroxylation sites is 1. The number of rotatable bonds is 1. The molecule has 4 N–H and O–H groups in total. The zero-order valence-corrected chi connectivity index (χ0v) is 6.47. The maximum Gasteiger partial charge on any atom is 0.333 e. The zero-order valence-electron chi connectivity index (χ0n) is 6.47. The van der Waals surface area contributed by atoms with Crippen molar-refractivity contribution in [2.75, 3.05) is 5.32 Å². The van der Waals surface area contributed by atoms with E-state index >= 15 is 0 Å². The van der Waals surface area contributed by atoms with Crippen LogP contribution in [0.4, 0.5) is 19.3 Å². The zero-order chi connectivity index (χ0) is 9.84. The summed E-state index contributed by atoms with van der Waals surface area (Å²) in [7, 11) is 0. The van der Waals surface area contributed by atoms with E-state index in [2.05, 4.69) is 0 Å². The Bertz CT molecular complexity index is 309. The highest BCUT2D eigenvalue weighted by atomic mass is 19.1. The lowest BCUT2D eigenvalue weighted by atomic mass is 10.3. The Balaban J connectivity index is 2.93. The molecule has 70 valence electrons. The monoisotopic (exact) mass is 187 g/mol. The molecule has 0 aromatic heterocycles. The molecule has 1 rings (SSSR count). The molecule has 0 atom stereocenters. The average molecular weight is 187 g/mol. The molecular weight excluding hydrogens is 180 g/mol. The number of carbonyl (C=O) groups excluding carboxylic acids is 1. The quantitative estimate of drug-likeness (QED) is 0.348. The van der Waals surface area contributed by atoms with E-state index in [1.54, 1.807) is 5.43 Å². The molecule has 1 aromatic carbocycles. The SMILES string of the molecule is NNC(=O)Nc1c(F)cccc1F. The third kappa shape index (κ3) is 2.12. The van der Waals surface area contributed by atoms with Crippen molar-refractivity contribution in [1.82, 2.24) is 5.43 Å². The van der Waals surface area contributed by atoms with Crippen LogP contribution >= 0.6 is 0 Å². The summed E-state index contributed by atoms with van der Waals surface area (Å²) in [6.45, 7) is 0. The van der Waals surface area contributed by atoms with Crippen LogP contribution < -0.4 is 16.6 Å². The van der Waals surface area contributed by atoms with Gasteiger partial charge in [0.25, 0.3) is 0 Å². The number of hydrogen-bond donors (Lipinski definition) is 3. The number of halogens is 2. The van der Waals surface area contributed by atoms with Crippen LogP contribution in [0.2, 0.25) is 0 Å². The van der Waals surface area contributed by atoms with Gasteiger partial charge in [-0.15, -0.1) is 0 Å². The molecular formula is C7H7F2N3O. The Hall–Kier alpha value is -1.69. The Morgan fingerprint density at radius 2 is 1.85 bits per heavy atom. The Morgan fingerprint density at radius 3 is 2.31 bits per heavy atom. The fourth-order valence-corrected chi connectivity index (χ4v) is 0.767. The third-order valence-corrected chi connectivity index (χ3v) is 1.33. The van der Waals surface area contributed by atoms with E-state index in [0.717, 1.165) is 12.1 Å². The van der Waals surface area contributed by atoms with E-state index in [0.29, 0.717) is 0 Å². The second-order valence-electron chi connectivity index (χ2n) is 2.20. The first-order chi connectivity index (χ1) is 6.15. The van der Waals surface area contributed by atoms with Crippen LogP contribution in [0.25, 0.3) is 0 Å². The van der Waals surface area contributed by atoms with Crippen molar-refractivity contribution in [3.8, 4) is 0 Å². The van der Waals surface area contributed by atoms with Gasteiger partial charge in [-0.05, 0) is 12.1 Å². The topological polar surface area (TPSA) is 67.1 Å². The third-order valence-electron chi connectivity index (χ3n) is 1.33. The number of benzene rings is 1. The van der Waals surface area contributed by atoms with Crippen molar-refractivity contribution in [2.45, 2.75) is 0 Å². The van der Waals surface area contributed by atoms with Gasteiger partial charge in [0.2, 0.25) is 0 Å². The minimum atomic E-state index is -0.885. The van der Waals surface area contributed by atoms with Crippen LogP contribution in [0, 0.1) is 11.6 Å². The number of hydrazine groups is 1. The average Bonchev–Trinajstić information content (AvgIpc) is 2.11. The fraction of sp³-hybridized carbons (Fsp3) is 0. The maximum atomic E-state index is 12.8. The molecule has 1 aromatic rings. The normalized spacial score (nSPS) is 9.46. The van der Waals surface area contributed by atoms with Crippen molar-refractivity contribution < 1.29 is 13.6 Å². The van der Waals surface area contributed by atoms with Crippen LogP contribution in [-0.4, -0.2) is 6.03 Å². The number of amides is 2. The molecule has 0 unspecified atom stereocenters. The molecule has 0 heterocycles. The van der Waals surface area contributed by atoms with Crippen molar-refractivity contribution >= 4 is 11.7 Å². The Morgan fingerprint density at radius 1 is 1.31 bits per heavy atom. The second-order valence-corrected chi connectivity index (χ2v) is 2.20. The van der Waals surface area contributed by atoms with Gasteiger partial charge in [-0.3, -0.25) is 5.43 Å². The van der Waals surface area contributed by atoms with E-state index in [1.807, 2.05) is 5.32 Å². The summed E-state index contributed by atoms with van der Waals surface area (Å²) in [5, 5.41) is 1.90. The minimum Gasteiger partial charge on any atom is -0.302 e. The van der Waals surface area contributed by atoms with Crippen molar-refractivity contribution in [3.63, 3.8) is 0 Å². The smallest absolute Gasteiger partial charge is 0.302 e. The van der Waals surface area contributed by atoms with Gasteiger partial charge in [0.1, 0.15) is 17.3 Å². The molecule has 2 amide bonds. The first kappa shape index (κ1) is 9.40. The first-order valence-electron chi connectivity index (χ1n) is 3.36. The van der Waals surface area contributed by atoms with Gasteiger partial charge in [0.15, 0.2) is 0 Å². The van der Waals surface area contributed by atoms with Crippen molar-refractivity contribution in [1.29, 1.82) is 0 Å². The molecule has 0 aliphatic carbocycles. The number of hydrogen-bond acceptors (Lipinski definition) is 2. The standard InChI is InChI=1S/C7H7F2N3O/c8-4-2-1-3-5(9)6(4)11-7(13)12-10/h1-3H,10H2,(H2,11,12,13). The predicted molar refractivity (Wildman–Crippen MR) is 42.7 cm³/mol. The van der Waals surface area contributed by atoms with E-state index in [4.69, 9.17) is 5.84 Å². The summed E-state index contributed by atoms with van der Waals surface area (Å²) in [6, 6.07) is 2.35. The lowest BCUT2D eigenvalue weighted by molar-refractivity contribution is 0.252. The molecule has 0 aliphatic heterocycles. The summed E-state index contributed by atoms with van der Waals surface area (Å²) >= 11 is 0. The van der Waals surface area contributed by atoms with Crippen LogP contribution in [0.3, 0.4) is 0 Å². The van der Waals surface area contributed by atoms with E-state index in [-0.39, 0.29) is 0 Å². The minimum absolute atomic E-state index is 0.523. The van der Waals surface area contributed by atoms with Gasteiger partial charge in [-0.1, -0.05) is 6.07 Å². The van der Waals surface area contributed by atoms with E-state index in [1.165, 1.54) is 6.07 Å². The molecule has 0 fully saturated rings. The summed E-state index contributed by atoms with van der Waals surface area (Å²) < 4.78 is 25.6. The summed E-state index contributed by atoms with van der Waals surface area (Å²) in [5.41, 5.74) is 1.16. The van der Waals surface area contributed by atoms with Crippen LogP contribution in [0.5, 0.6) is 0 Å². The number of urea groups is 1. The lowest BCUT2D eigenvalue weighted by Gasteiger charge is -2.05. The fourth-order valence-electron chi connectivity index (χ4n) is 0.767. The Kier molecular flexibility index (Phi) is 2.76. The van der Waals surface area contributed by atoms with Crippen LogP contribution in [-0.2, 0) is 0 Å². The highest BCUT2D eigenvalue weighted by Gasteiger charge is 2.09. The highest BCUT2D eigenvalue weighted by molar-refractivity contribution is 5.88. The number of nitrogens with two attached hydrogens (primary N) is 1. The maximum absolute atomic E-state index is 12.8. The van der Waals surface area contributed by atoms with Gasteiger partial charge in [0.05, 0.1) is 0 Å². The van der Waals surface area contributed by atoms with Gasteiger partial charge in [-0.25, -0.2) is 19.4 Å². The predicted octanol–water partition coefficient (Wildman–Crippen LogP) is 0.960. The summed E-state index contributed by atoms with van der Waals surface area (Å²) in [5.74, 6) is 3.00. The van der Waals surface area contributed by atoms with Gasteiger partial charge in [-0.2, -0.15) is 0 Å². The second kappa shape index (κ2) is 3.81. The Labute approximate surface area is 72.7 Å². The molecule has 6 heteroatoms. The molecule has 13 heavy (non-hydrogen) atoms. The first-order valence-corrected chi connectivity index (χ1v) is 3.36. The summed E-state index contributed by atoms with van der Waals surface area (Å²) in [4.78, 5) is 10.6. The molecule has 0 bridgehead atoms. The van der Waals surface area contributed by atoms with Crippen molar-refractivity contribution in [2.24, 2.45) is 5.84 Å². The number of anilines is 1. The molecule has 0 saturated carbocycles. The lowest BCUT2D eigenvalue weighted by Crippen LogP contribution is -2.34. The molecule has 0 spiro atoms. The van der Waals surface area contributed by atoms with E-state index < -0.39 is 23.4 Å². The van der Waals surface area contributed by atoms with Gasteiger partial charge in [0, 0.05) is 0 Å². The molecule has 0 saturated heterocycles. The van der Waals surface area contributed by atoms with Crippen LogP contribution in [0.15, 0.2) is 18.2 Å². The number of carbonyl (C=O) groups is 1. The largest absolute Gasteiger partial charge is 0.333 e. The van der Waals surface area contributed by atoms with Crippen molar-refractivity contribution in [3.05, 3.63) is 29.8 Å². The molecule has 4 nitrogen and oxygen atoms in total. The van der Waals surface area contributed by atoms with Gasteiger partial charge >= 0.3 is 6.03 Å². The molecule has 0 radical (unpaired) electrons. The molecule has 0 aliphatic rings. The number of nitrogens with one attached hydrogen (secondary N) is 2. The highest BCUT2D eigenvalue weighted by Crippen LogP contribution is 2.17. The van der Waals surface area contributed by atoms with E-state index in [9.17, 15) is 13.6 Å².